The molecule has 15 heavy (non-hydrogen) atoms. The van der Waals surface area contributed by atoms with Crippen molar-refractivity contribution in [2.45, 2.75) is 19.3 Å². The number of carbonyl (C=O) groups excluding carboxylic acids is 1. The first-order chi connectivity index (χ1) is 6.94. The molecule has 0 bridgehead atoms. The molecule has 0 aromatic carbocycles. The van der Waals surface area contributed by atoms with Gasteiger partial charge in [0, 0.05) is 26.5 Å². The van der Waals surface area contributed by atoms with Crippen LogP contribution in [0.1, 0.15) is 19.4 Å². The average molecular weight is 207 g/mol. The van der Waals surface area contributed by atoms with E-state index in [9.17, 15) is 4.79 Å². The summed E-state index contributed by atoms with van der Waals surface area (Å²) >= 11 is 0. The van der Waals surface area contributed by atoms with E-state index < -0.39 is 5.41 Å². The molecule has 4 nitrogen and oxygen atoms in total. The number of hydrazine groups is 1. The SMILES string of the molecule is CN(C)NC(=O)C(C)(C)c1cccnc1. The van der Waals surface area contributed by atoms with Crippen LogP contribution in [0.3, 0.4) is 0 Å². The van der Waals surface area contributed by atoms with Crippen molar-refractivity contribution in [2.75, 3.05) is 14.1 Å². The maximum absolute atomic E-state index is 11.9. The van der Waals surface area contributed by atoms with Gasteiger partial charge in [0.25, 0.3) is 0 Å². The van der Waals surface area contributed by atoms with E-state index in [1.54, 1.807) is 31.5 Å². The molecular formula is C11H17N3O. The molecule has 0 fully saturated rings. The standard InChI is InChI=1S/C11H17N3O/c1-11(2,10(15)13-14(3)4)9-6-5-7-12-8-9/h5-8H,1-4H3,(H,13,15). The lowest BCUT2D eigenvalue weighted by Gasteiger charge is -2.25. The summed E-state index contributed by atoms with van der Waals surface area (Å²) in [7, 11) is 3.58. The van der Waals surface area contributed by atoms with E-state index in [1.165, 1.54) is 0 Å². The molecule has 1 N–H and O–H groups in total. The highest BCUT2D eigenvalue weighted by Gasteiger charge is 2.30. The third kappa shape index (κ3) is 2.76. The van der Waals surface area contributed by atoms with Crippen molar-refractivity contribution >= 4 is 5.91 Å². The van der Waals surface area contributed by atoms with Crippen LogP contribution in [0.15, 0.2) is 24.5 Å². The van der Waals surface area contributed by atoms with Crippen molar-refractivity contribution in [3.63, 3.8) is 0 Å². The first-order valence-corrected chi connectivity index (χ1v) is 4.83. The Morgan fingerprint density at radius 2 is 2.13 bits per heavy atom. The van der Waals surface area contributed by atoms with Crippen LogP contribution < -0.4 is 5.43 Å². The highest BCUT2D eigenvalue weighted by atomic mass is 16.2. The number of aromatic nitrogens is 1. The Bertz CT molecular complexity index is 333. The van der Waals surface area contributed by atoms with Gasteiger partial charge in [-0.3, -0.25) is 15.2 Å². The molecule has 4 heteroatoms. The Balaban J connectivity index is 2.88. The predicted octanol–water partition coefficient (Wildman–Crippen LogP) is 0.952. The van der Waals surface area contributed by atoms with Gasteiger partial charge in [-0.1, -0.05) is 6.07 Å². The smallest absolute Gasteiger partial charge is 0.244 e. The van der Waals surface area contributed by atoms with E-state index >= 15 is 0 Å². The molecule has 1 heterocycles. The molecule has 1 rings (SSSR count). The van der Waals surface area contributed by atoms with Crippen LogP contribution in [0.25, 0.3) is 0 Å². The molecule has 0 unspecified atom stereocenters. The molecular weight excluding hydrogens is 190 g/mol. The third-order valence-electron chi connectivity index (χ3n) is 2.28. The number of carbonyl (C=O) groups is 1. The Morgan fingerprint density at radius 1 is 1.47 bits per heavy atom. The van der Waals surface area contributed by atoms with E-state index in [2.05, 4.69) is 10.4 Å². The molecule has 0 aliphatic carbocycles. The number of nitrogens with zero attached hydrogens (tertiary/aromatic N) is 2. The largest absolute Gasteiger partial charge is 0.289 e. The molecule has 1 amide bonds. The number of pyridine rings is 1. The van der Waals surface area contributed by atoms with Gasteiger partial charge in [-0.25, -0.2) is 5.01 Å². The van der Waals surface area contributed by atoms with Gasteiger partial charge in [0.15, 0.2) is 0 Å². The van der Waals surface area contributed by atoms with Crippen LogP contribution in [0.4, 0.5) is 0 Å². The fourth-order valence-corrected chi connectivity index (χ4v) is 1.21. The summed E-state index contributed by atoms with van der Waals surface area (Å²) in [6.07, 6.45) is 3.42. The maximum Gasteiger partial charge on any atom is 0.244 e. The van der Waals surface area contributed by atoms with E-state index in [-0.39, 0.29) is 5.91 Å². The molecule has 0 spiro atoms. The summed E-state index contributed by atoms with van der Waals surface area (Å²) in [5.74, 6) is -0.0412. The van der Waals surface area contributed by atoms with Gasteiger partial charge in [0.05, 0.1) is 5.41 Å². The van der Waals surface area contributed by atoms with Crippen molar-refractivity contribution in [3.8, 4) is 0 Å². The van der Waals surface area contributed by atoms with Gasteiger partial charge in [-0.05, 0) is 25.5 Å². The quantitative estimate of drug-likeness (QED) is 0.751. The molecule has 0 saturated heterocycles. The number of rotatable bonds is 3. The topological polar surface area (TPSA) is 45.2 Å². The minimum atomic E-state index is -0.571. The van der Waals surface area contributed by atoms with Gasteiger partial charge in [-0.15, -0.1) is 0 Å². The second kappa shape index (κ2) is 4.40. The van der Waals surface area contributed by atoms with E-state index in [1.807, 2.05) is 26.0 Å². The summed E-state index contributed by atoms with van der Waals surface area (Å²) in [4.78, 5) is 15.9. The van der Waals surface area contributed by atoms with Gasteiger partial charge < -0.3 is 0 Å². The summed E-state index contributed by atoms with van der Waals surface area (Å²) < 4.78 is 0. The van der Waals surface area contributed by atoms with E-state index in [0.29, 0.717) is 0 Å². The average Bonchev–Trinajstić information content (AvgIpc) is 2.18. The zero-order valence-electron chi connectivity index (χ0n) is 9.61. The van der Waals surface area contributed by atoms with Crippen molar-refractivity contribution in [2.24, 2.45) is 0 Å². The summed E-state index contributed by atoms with van der Waals surface area (Å²) in [5.41, 5.74) is 3.08. The first kappa shape index (κ1) is 11.7. The number of nitrogens with one attached hydrogen (secondary N) is 1. The normalized spacial score (nSPS) is 11.5. The zero-order chi connectivity index (χ0) is 11.5. The lowest BCUT2D eigenvalue weighted by atomic mass is 9.85. The molecule has 1 aromatic rings. The molecule has 0 atom stereocenters. The fourth-order valence-electron chi connectivity index (χ4n) is 1.21. The second-order valence-corrected chi connectivity index (χ2v) is 4.20. The Kier molecular flexibility index (Phi) is 3.42. The summed E-state index contributed by atoms with van der Waals surface area (Å²) in [6.45, 7) is 3.76. The minimum absolute atomic E-state index is 0.0412. The molecule has 0 saturated carbocycles. The highest BCUT2D eigenvalue weighted by molar-refractivity contribution is 5.86. The molecule has 0 aliphatic rings. The van der Waals surface area contributed by atoms with Crippen molar-refractivity contribution < 1.29 is 4.79 Å². The van der Waals surface area contributed by atoms with Crippen LogP contribution >= 0.6 is 0 Å². The first-order valence-electron chi connectivity index (χ1n) is 4.83. The van der Waals surface area contributed by atoms with Crippen LogP contribution in [-0.2, 0) is 10.2 Å². The van der Waals surface area contributed by atoms with Crippen LogP contribution in [0.2, 0.25) is 0 Å². The lowest BCUT2D eigenvalue weighted by Crippen LogP contribution is -2.46. The van der Waals surface area contributed by atoms with Crippen LogP contribution in [0.5, 0.6) is 0 Å². The van der Waals surface area contributed by atoms with E-state index in [4.69, 9.17) is 0 Å². The van der Waals surface area contributed by atoms with Crippen LogP contribution in [-0.4, -0.2) is 30.0 Å². The summed E-state index contributed by atoms with van der Waals surface area (Å²) in [5, 5.41) is 1.64. The maximum atomic E-state index is 11.9. The minimum Gasteiger partial charge on any atom is -0.289 e. The molecule has 0 aliphatic heterocycles. The fraction of sp³-hybridized carbons (Fsp3) is 0.455. The molecule has 82 valence electrons. The van der Waals surface area contributed by atoms with Gasteiger partial charge in [0.2, 0.25) is 5.91 Å². The second-order valence-electron chi connectivity index (χ2n) is 4.20. The number of amides is 1. The highest BCUT2D eigenvalue weighted by Crippen LogP contribution is 2.21. The van der Waals surface area contributed by atoms with Crippen molar-refractivity contribution in [1.82, 2.24) is 15.4 Å². The number of hydrogen-bond donors (Lipinski definition) is 1. The Hall–Kier alpha value is -1.42. The van der Waals surface area contributed by atoms with Gasteiger partial charge >= 0.3 is 0 Å². The van der Waals surface area contributed by atoms with Gasteiger partial charge in [0.1, 0.15) is 0 Å². The zero-order valence-corrected chi connectivity index (χ0v) is 9.61. The monoisotopic (exact) mass is 207 g/mol. The summed E-state index contributed by atoms with van der Waals surface area (Å²) in [6, 6.07) is 3.74. The molecule has 1 aromatic heterocycles. The lowest BCUT2D eigenvalue weighted by molar-refractivity contribution is -0.129. The van der Waals surface area contributed by atoms with Crippen LogP contribution in [0, 0.1) is 0 Å². The number of hydrogen-bond acceptors (Lipinski definition) is 3. The third-order valence-corrected chi connectivity index (χ3v) is 2.28. The Morgan fingerprint density at radius 3 is 2.60 bits per heavy atom. The van der Waals surface area contributed by atoms with E-state index in [0.717, 1.165) is 5.56 Å². The van der Waals surface area contributed by atoms with Gasteiger partial charge in [-0.2, -0.15) is 0 Å². The van der Waals surface area contributed by atoms with Crippen molar-refractivity contribution in [1.29, 1.82) is 0 Å². The predicted molar refractivity (Wildman–Crippen MR) is 59.1 cm³/mol. The Labute approximate surface area is 90.3 Å². The molecule has 0 radical (unpaired) electrons. The van der Waals surface area contributed by atoms with Crippen molar-refractivity contribution in [3.05, 3.63) is 30.1 Å².